The second-order valence-electron chi connectivity index (χ2n) is 6.90. The van der Waals surface area contributed by atoms with E-state index in [1.807, 2.05) is 27.7 Å². The summed E-state index contributed by atoms with van der Waals surface area (Å²) in [5.41, 5.74) is -0.340. The monoisotopic (exact) mass is 335 g/mol. The first kappa shape index (κ1) is 18.5. The number of phenols is 1. The van der Waals surface area contributed by atoms with Gasteiger partial charge in [0.2, 0.25) is 5.91 Å². The second kappa shape index (κ2) is 6.57. The summed E-state index contributed by atoms with van der Waals surface area (Å²) in [4.78, 5) is 11.3. The van der Waals surface area contributed by atoms with Gasteiger partial charge < -0.3 is 19.7 Å². The first-order chi connectivity index (χ1) is 11.0. The largest absolute Gasteiger partial charge is 0.505 e. The fraction of sp³-hybridized carbons (Fsp3) is 0.471. The van der Waals surface area contributed by atoms with Crippen molar-refractivity contribution in [1.29, 1.82) is 0 Å². The van der Waals surface area contributed by atoms with E-state index in [1.54, 1.807) is 6.07 Å². The molecule has 7 heteroatoms. The van der Waals surface area contributed by atoms with E-state index in [0.29, 0.717) is 5.47 Å². The summed E-state index contributed by atoms with van der Waals surface area (Å²) in [6.07, 6.45) is 1.53. The first-order valence-electron chi connectivity index (χ1n) is 7.81. The van der Waals surface area contributed by atoms with Crippen molar-refractivity contribution in [1.82, 2.24) is 5.32 Å². The molecular weight excluding hydrogens is 312 g/mol. The van der Waals surface area contributed by atoms with Gasteiger partial charge in [0.05, 0.1) is 11.2 Å². The molecule has 24 heavy (non-hydrogen) atoms. The summed E-state index contributed by atoms with van der Waals surface area (Å²) in [6, 6.07) is 4.35. The molecule has 130 valence electrons. The normalized spacial score (nSPS) is 19.4. The van der Waals surface area contributed by atoms with Gasteiger partial charge in [0.15, 0.2) is 11.6 Å². The molecule has 2 N–H and O–H groups in total. The van der Waals surface area contributed by atoms with E-state index in [0.717, 1.165) is 0 Å². The van der Waals surface area contributed by atoms with Crippen molar-refractivity contribution in [3.05, 3.63) is 35.1 Å². The number of rotatable bonds is 4. The molecule has 1 aromatic rings. The van der Waals surface area contributed by atoms with Crippen LogP contribution < -0.4 is 5.32 Å². The summed E-state index contributed by atoms with van der Waals surface area (Å²) < 4.78 is 26.0. The topological polar surface area (TPSA) is 67.8 Å². The number of hydrogen-bond acceptors (Lipinski definition) is 4. The van der Waals surface area contributed by atoms with Crippen LogP contribution in [0.3, 0.4) is 0 Å². The maximum Gasteiger partial charge on any atom is 0.492 e. The predicted molar refractivity (Wildman–Crippen MR) is 90.8 cm³/mol. The molecule has 5 nitrogen and oxygen atoms in total. The van der Waals surface area contributed by atoms with Gasteiger partial charge >= 0.3 is 7.12 Å². The summed E-state index contributed by atoms with van der Waals surface area (Å²) in [5, 5.41) is 12.2. The number of aromatic hydroxyl groups is 1. The lowest BCUT2D eigenvalue weighted by Crippen LogP contribution is -2.41. The molecule has 1 fully saturated rings. The number of carbonyl (C=O) groups is 1. The van der Waals surface area contributed by atoms with Crippen LogP contribution in [0.15, 0.2) is 23.7 Å². The van der Waals surface area contributed by atoms with Crippen molar-refractivity contribution in [3.8, 4) is 5.75 Å². The SMILES string of the molecule is CC(=O)NCC(=Cc1cccc(O)c1F)B1OC(C)(C)C(C)(C)O1. The Hall–Kier alpha value is -1.86. The van der Waals surface area contributed by atoms with Gasteiger partial charge in [0.25, 0.3) is 0 Å². The minimum atomic E-state index is -0.727. The van der Waals surface area contributed by atoms with Gasteiger partial charge in [-0.2, -0.15) is 0 Å². The van der Waals surface area contributed by atoms with Crippen LogP contribution in [0.25, 0.3) is 6.08 Å². The number of nitrogens with one attached hydrogen (secondary N) is 1. The molecule has 0 radical (unpaired) electrons. The maximum absolute atomic E-state index is 14.1. The zero-order valence-corrected chi connectivity index (χ0v) is 14.6. The Morgan fingerprint density at radius 2 is 1.88 bits per heavy atom. The van der Waals surface area contributed by atoms with Crippen molar-refractivity contribution in [3.63, 3.8) is 0 Å². The number of hydrogen-bond donors (Lipinski definition) is 2. The molecule has 0 bridgehead atoms. The molecule has 0 saturated carbocycles. The molecular formula is C17H23BFNO4. The van der Waals surface area contributed by atoms with Gasteiger partial charge in [-0.05, 0) is 39.2 Å². The Morgan fingerprint density at radius 1 is 1.29 bits per heavy atom. The highest BCUT2D eigenvalue weighted by atomic mass is 19.1. The highest BCUT2D eigenvalue weighted by Crippen LogP contribution is 2.39. The van der Waals surface area contributed by atoms with Gasteiger partial charge in [0.1, 0.15) is 0 Å². The Balaban J connectivity index is 2.37. The summed E-state index contributed by atoms with van der Waals surface area (Å²) in [7, 11) is -0.719. The van der Waals surface area contributed by atoms with Crippen molar-refractivity contribution < 1.29 is 23.6 Å². The van der Waals surface area contributed by atoms with E-state index in [1.165, 1.54) is 25.1 Å². The molecule has 0 aromatic heterocycles. The number of benzene rings is 1. The van der Waals surface area contributed by atoms with E-state index >= 15 is 0 Å². The summed E-state index contributed by atoms with van der Waals surface area (Å²) in [5.74, 6) is -1.38. The fourth-order valence-corrected chi connectivity index (χ4v) is 2.27. The molecule has 0 aliphatic carbocycles. The third-order valence-electron chi connectivity index (χ3n) is 4.45. The average Bonchev–Trinajstić information content (AvgIpc) is 2.67. The Labute approximate surface area is 142 Å². The van der Waals surface area contributed by atoms with Crippen molar-refractivity contribution >= 4 is 19.1 Å². The molecule has 2 rings (SSSR count). The van der Waals surface area contributed by atoms with Crippen LogP contribution in [-0.4, -0.2) is 35.9 Å². The molecule has 0 unspecified atom stereocenters. The minimum absolute atomic E-state index is 0.154. The maximum atomic E-state index is 14.1. The zero-order chi connectivity index (χ0) is 18.1. The Morgan fingerprint density at radius 3 is 2.42 bits per heavy atom. The highest BCUT2D eigenvalue weighted by Gasteiger charge is 2.52. The Kier molecular flexibility index (Phi) is 5.06. The minimum Gasteiger partial charge on any atom is -0.505 e. The van der Waals surface area contributed by atoms with Gasteiger partial charge in [-0.25, -0.2) is 4.39 Å². The smallest absolute Gasteiger partial charge is 0.492 e. The quantitative estimate of drug-likeness (QED) is 0.830. The van der Waals surface area contributed by atoms with Gasteiger partial charge in [-0.3, -0.25) is 4.79 Å². The Bertz CT molecular complexity index is 657. The average molecular weight is 335 g/mol. The van der Waals surface area contributed by atoms with Crippen LogP contribution in [0.4, 0.5) is 4.39 Å². The van der Waals surface area contributed by atoms with E-state index < -0.39 is 29.9 Å². The molecule has 0 atom stereocenters. The number of phenolic OH excluding ortho intramolecular Hbond substituents is 1. The van der Waals surface area contributed by atoms with Crippen LogP contribution in [0.1, 0.15) is 40.2 Å². The van der Waals surface area contributed by atoms with Crippen LogP contribution in [0, 0.1) is 5.82 Å². The van der Waals surface area contributed by atoms with Crippen LogP contribution >= 0.6 is 0 Å². The van der Waals surface area contributed by atoms with Crippen molar-refractivity contribution in [2.24, 2.45) is 0 Å². The molecule has 0 spiro atoms. The van der Waals surface area contributed by atoms with Crippen molar-refractivity contribution in [2.75, 3.05) is 6.54 Å². The van der Waals surface area contributed by atoms with E-state index in [4.69, 9.17) is 9.31 Å². The fourth-order valence-electron chi connectivity index (χ4n) is 2.27. The molecule has 1 heterocycles. The molecule has 1 aromatic carbocycles. The first-order valence-corrected chi connectivity index (χ1v) is 7.81. The summed E-state index contributed by atoms with van der Waals surface area (Å²) in [6.45, 7) is 9.21. The number of halogens is 1. The lowest BCUT2D eigenvalue weighted by molar-refractivity contribution is -0.118. The number of carbonyl (C=O) groups excluding carboxylic acids is 1. The van der Waals surface area contributed by atoms with Gasteiger partial charge in [-0.1, -0.05) is 18.2 Å². The van der Waals surface area contributed by atoms with Crippen LogP contribution in [0.2, 0.25) is 0 Å². The third-order valence-corrected chi connectivity index (χ3v) is 4.45. The zero-order valence-electron chi connectivity index (χ0n) is 14.6. The molecule has 1 aliphatic rings. The standard InChI is InChI=1S/C17H23BFNO4/c1-11(21)20-10-13(9-12-7-6-8-14(22)15(12)19)18-23-16(2,3)17(4,5)24-18/h6-9,22H,10H2,1-5H3,(H,20,21). The van der Waals surface area contributed by atoms with Crippen LogP contribution in [0.5, 0.6) is 5.75 Å². The van der Waals surface area contributed by atoms with Gasteiger partial charge in [-0.15, -0.1) is 0 Å². The molecule has 1 amide bonds. The molecule has 1 aliphatic heterocycles. The van der Waals surface area contributed by atoms with Gasteiger partial charge in [0, 0.05) is 19.0 Å². The summed E-state index contributed by atoms with van der Waals surface area (Å²) >= 11 is 0. The van der Waals surface area contributed by atoms with E-state index in [-0.39, 0.29) is 18.0 Å². The molecule has 1 saturated heterocycles. The lowest BCUT2D eigenvalue weighted by atomic mass is 9.77. The highest BCUT2D eigenvalue weighted by molar-refractivity contribution is 6.56. The van der Waals surface area contributed by atoms with E-state index in [9.17, 15) is 14.3 Å². The predicted octanol–water partition coefficient (Wildman–Crippen LogP) is 2.68. The number of amides is 1. The van der Waals surface area contributed by atoms with E-state index in [2.05, 4.69) is 5.32 Å². The second-order valence-corrected chi connectivity index (χ2v) is 6.90. The lowest BCUT2D eigenvalue weighted by Gasteiger charge is -2.32. The van der Waals surface area contributed by atoms with Crippen molar-refractivity contribution in [2.45, 2.75) is 45.8 Å². The van der Waals surface area contributed by atoms with Crippen LogP contribution in [-0.2, 0) is 14.1 Å². The third kappa shape index (κ3) is 3.79.